The average Bonchev–Trinajstić information content (AvgIpc) is 2.31. The summed E-state index contributed by atoms with van der Waals surface area (Å²) in [6.45, 7) is 5.37. The molecule has 4 nitrogen and oxygen atoms in total. The van der Waals surface area contributed by atoms with Gasteiger partial charge in [-0.2, -0.15) is 0 Å². The molecular formula is C12H18BrClN2O2S. The third-order valence-electron chi connectivity index (χ3n) is 2.53. The summed E-state index contributed by atoms with van der Waals surface area (Å²) in [4.78, 5) is 0. The molecule has 0 atom stereocenters. The number of hydrogen-bond acceptors (Lipinski definition) is 3. The Labute approximate surface area is 128 Å². The maximum atomic E-state index is 11.9. The number of hydrogen-bond donors (Lipinski definition) is 2. The molecule has 1 rings (SSSR count). The number of sulfonamides is 1. The SMILES string of the molecule is CCNCCCS(=O)(=O)Nc1cc(Cl)c(C)cc1Br. The van der Waals surface area contributed by atoms with Gasteiger partial charge in [-0.05, 0) is 60.1 Å². The fourth-order valence-electron chi connectivity index (χ4n) is 1.51. The van der Waals surface area contributed by atoms with Crippen LogP contribution in [0, 0.1) is 6.92 Å². The van der Waals surface area contributed by atoms with Gasteiger partial charge in [0.25, 0.3) is 0 Å². The topological polar surface area (TPSA) is 58.2 Å². The van der Waals surface area contributed by atoms with E-state index in [1.165, 1.54) is 0 Å². The minimum absolute atomic E-state index is 0.0813. The highest BCUT2D eigenvalue weighted by Gasteiger charge is 2.13. The van der Waals surface area contributed by atoms with Crippen molar-refractivity contribution in [1.29, 1.82) is 0 Å². The van der Waals surface area contributed by atoms with E-state index < -0.39 is 10.0 Å². The van der Waals surface area contributed by atoms with Crippen LogP contribution < -0.4 is 10.0 Å². The number of benzene rings is 1. The highest BCUT2D eigenvalue weighted by molar-refractivity contribution is 9.10. The van der Waals surface area contributed by atoms with E-state index in [9.17, 15) is 8.42 Å². The van der Waals surface area contributed by atoms with Gasteiger partial charge >= 0.3 is 0 Å². The van der Waals surface area contributed by atoms with Gasteiger partial charge in [0.05, 0.1) is 11.4 Å². The summed E-state index contributed by atoms with van der Waals surface area (Å²) in [5.74, 6) is 0.0813. The Kier molecular flexibility index (Phi) is 6.59. The molecule has 0 spiro atoms. The zero-order chi connectivity index (χ0) is 14.5. The largest absolute Gasteiger partial charge is 0.317 e. The van der Waals surface area contributed by atoms with E-state index in [-0.39, 0.29) is 5.75 Å². The molecule has 0 bridgehead atoms. The molecule has 0 aliphatic heterocycles. The molecule has 1 aromatic rings. The Bertz CT molecular complexity index is 535. The highest BCUT2D eigenvalue weighted by Crippen LogP contribution is 2.29. The monoisotopic (exact) mass is 368 g/mol. The van der Waals surface area contributed by atoms with Gasteiger partial charge in [-0.15, -0.1) is 0 Å². The quantitative estimate of drug-likeness (QED) is 0.726. The molecule has 0 unspecified atom stereocenters. The van der Waals surface area contributed by atoms with Crippen LogP contribution in [0.5, 0.6) is 0 Å². The Hall–Kier alpha value is -0.300. The lowest BCUT2D eigenvalue weighted by Gasteiger charge is -2.11. The third kappa shape index (κ3) is 5.69. The fourth-order valence-corrected chi connectivity index (χ4v) is 3.49. The number of aryl methyl sites for hydroxylation is 1. The maximum absolute atomic E-state index is 11.9. The number of rotatable bonds is 7. The molecule has 0 heterocycles. The van der Waals surface area contributed by atoms with Crippen molar-refractivity contribution in [3.05, 3.63) is 27.2 Å². The molecule has 0 amide bonds. The van der Waals surface area contributed by atoms with Crippen molar-refractivity contribution in [1.82, 2.24) is 5.32 Å². The summed E-state index contributed by atoms with van der Waals surface area (Å²) < 4.78 is 27.0. The van der Waals surface area contributed by atoms with Crippen LogP contribution in [-0.4, -0.2) is 27.3 Å². The van der Waals surface area contributed by atoms with E-state index in [1.807, 2.05) is 13.8 Å². The summed E-state index contributed by atoms with van der Waals surface area (Å²) in [7, 11) is -3.35. The van der Waals surface area contributed by atoms with E-state index in [1.54, 1.807) is 12.1 Å². The molecule has 0 aliphatic carbocycles. The number of halogens is 2. The molecule has 0 saturated carbocycles. The standard InChI is InChI=1S/C12H18BrClN2O2S/c1-3-15-5-4-6-19(17,18)16-12-8-11(14)9(2)7-10(12)13/h7-8,15-16H,3-6H2,1-2H3. The van der Waals surface area contributed by atoms with Crippen molar-refractivity contribution in [2.75, 3.05) is 23.6 Å². The molecule has 7 heteroatoms. The van der Waals surface area contributed by atoms with Gasteiger partial charge in [0.2, 0.25) is 10.0 Å². The molecule has 108 valence electrons. The Morgan fingerprint density at radius 2 is 2.05 bits per heavy atom. The fraction of sp³-hybridized carbons (Fsp3) is 0.500. The molecular weight excluding hydrogens is 352 g/mol. The Balaban J connectivity index is 2.70. The highest BCUT2D eigenvalue weighted by atomic mass is 79.9. The van der Waals surface area contributed by atoms with E-state index >= 15 is 0 Å². The van der Waals surface area contributed by atoms with Gasteiger partial charge in [-0.1, -0.05) is 18.5 Å². The average molecular weight is 370 g/mol. The third-order valence-corrected chi connectivity index (χ3v) is 4.95. The summed E-state index contributed by atoms with van der Waals surface area (Å²) in [5.41, 5.74) is 1.36. The first kappa shape index (κ1) is 16.8. The van der Waals surface area contributed by atoms with Crippen LogP contribution in [0.4, 0.5) is 5.69 Å². The lowest BCUT2D eigenvalue weighted by Crippen LogP contribution is -2.22. The van der Waals surface area contributed by atoms with Crippen molar-refractivity contribution < 1.29 is 8.42 Å². The molecule has 0 radical (unpaired) electrons. The molecule has 0 aromatic heterocycles. The molecule has 0 fully saturated rings. The minimum atomic E-state index is -3.35. The number of nitrogens with one attached hydrogen (secondary N) is 2. The van der Waals surface area contributed by atoms with Crippen LogP contribution >= 0.6 is 27.5 Å². The summed E-state index contributed by atoms with van der Waals surface area (Å²) in [6.07, 6.45) is 0.570. The van der Waals surface area contributed by atoms with Crippen molar-refractivity contribution in [3.63, 3.8) is 0 Å². The summed E-state index contributed by atoms with van der Waals surface area (Å²) in [6, 6.07) is 3.40. The summed E-state index contributed by atoms with van der Waals surface area (Å²) in [5, 5.41) is 3.63. The van der Waals surface area contributed by atoms with Crippen LogP contribution in [0.1, 0.15) is 18.9 Å². The van der Waals surface area contributed by atoms with E-state index in [0.29, 0.717) is 28.1 Å². The second kappa shape index (κ2) is 7.47. The van der Waals surface area contributed by atoms with Gasteiger partial charge < -0.3 is 5.32 Å². The normalized spacial score (nSPS) is 11.6. The lowest BCUT2D eigenvalue weighted by molar-refractivity contribution is 0.595. The zero-order valence-electron chi connectivity index (χ0n) is 11.0. The van der Waals surface area contributed by atoms with Gasteiger partial charge in [-0.25, -0.2) is 8.42 Å². The predicted molar refractivity (Wildman–Crippen MR) is 84.5 cm³/mol. The first-order valence-electron chi connectivity index (χ1n) is 6.02. The molecule has 0 aliphatic rings. The maximum Gasteiger partial charge on any atom is 0.232 e. The van der Waals surface area contributed by atoms with E-state index in [0.717, 1.165) is 12.1 Å². The van der Waals surface area contributed by atoms with Gasteiger partial charge in [0, 0.05) is 9.50 Å². The first-order valence-corrected chi connectivity index (χ1v) is 8.85. The van der Waals surface area contributed by atoms with Crippen LogP contribution in [0.2, 0.25) is 5.02 Å². The Morgan fingerprint density at radius 1 is 1.37 bits per heavy atom. The smallest absolute Gasteiger partial charge is 0.232 e. The lowest BCUT2D eigenvalue weighted by atomic mass is 10.2. The van der Waals surface area contributed by atoms with Gasteiger partial charge in [0.1, 0.15) is 0 Å². The Morgan fingerprint density at radius 3 is 2.68 bits per heavy atom. The van der Waals surface area contributed by atoms with Crippen molar-refractivity contribution in [3.8, 4) is 0 Å². The zero-order valence-corrected chi connectivity index (χ0v) is 14.1. The van der Waals surface area contributed by atoms with Gasteiger partial charge in [-0.3, -0.25) is 4.72 Å². The molecule has 2 N–H and O–H groups in total. The van der Waals surface area contributed by atoms with Crippen LogP contribution in [0.3, 0.4) is 0 Å². The number of anilines is 1. The van der Waals surface area contributed by atoms with E-state index in [4.69, 9.17) is 11.6 Å². The summed E-state index contributed by atoms with van der Waals surface area (Å²) >= 11 is 9.32. The predicted octanol–water partition coefficient (Wildman–Crippen LogP) is 3.15. The van der Waals surface area contributed by atoms with E-state index in [2.05, 4.69) is 26.0 Å². The second-order valence-electron chi connectivity index (χ2n) is 4.21. The van der Waals surface area contributed by atoms with Crippen LogP contribution in [0.25, 0.3) is 0 Å². The minimum Gasteiger partial charge on any atom is -0.317 e. The van der Waals surface area contributed by atoms with Crippen LogP contribution in [0.15, 0.2) is 16.6 Å². The van der Waals surface area contributed by atoms with Crippen molar-refractivity contribution in [2.45, 2.75) is 20.3 Å². The van der Waals surface area contributed by atoms with Gasteiger partial charge in [0.15, 0.2) is 0 Å². The van der Waals surface area contributed by atoms with Crippen LogP contribution in [-0.2, 0) is 10.0 Å². The molecule has 19 heavy (non-hydrogen) atoms. The first-order chi connectivity index (χ1) is 8.85. The van der Waals surface area contributed by atoms with Crippen molar-refractivity contribution in [2.24, 2.45) is 0 Å². The van der Waals surface area contributed by atoms with Crippen molar-refractivity contribution >= 4 is 43.2 Å². The second-order valence-corrected chi connectivity index (χ2v) is 7.31. The molecule has 1 aromatic carbocycles. The molecule has 0 saturated heterocycles.